The SMILES string of the molecule is CCN1CCc2ccc(C(=O)NCc3ccc(C(F)(F)F)cc3)cc2CC1. The van der Waals surface area contributed by atoms with Gasteiger partial charge < -0.3 is 10.2 Å². The lowest BCUT2D eigenvalue weighted by Gasteiger charge is -2.16. The molecule has 0 saturated carbocycles. The molecule has 27 heavy (non-hydrogen) atoms. The molecule has 0 saturated heterocycles. The normalized spacial score (nSPS) is 15.1. The van der Waals surface area contributed by atoms with Crippen LogP contribution in [0.2, 0.25) is 0 Å². The van der Waals surface area contributed by atoms with Crippen LogP contribution < -0.4 is 5.32 Å². The molecule has 144 valence electrons. The van der Waals surface area contributed by atoms with Crippen molar-refractivity contribution >= 4 is 5.91 Å². The number of hydrogen-bond donors (Lipinski definition) is 1. The van der Waals surface area contributed by atoms with Crippen molar-refractivity contribution in [2.75, 3.05) is 19.6 Å². The summed E-state index contributed by atoms with van der Waals surface area (Å²) in [5.41, 5.74) is 3.01. The van der Waals surface area contributed by atoms with E-state index in [9.17, 15) is 18.0 Å². The Morgan fingerprint density at radius 3 is 2.33 bits per heavy atom. The Kier molecular flexibility index (Phi) is 5.85. The molecule has 1 heterocycles. The van der Waals surface area contributed by atoms with Crippen LogP contribution in [0.1, 0.15) is 39.5 Å². The Morgan fingerprint density at radius 1 is 1.04 bits per heavy atom. The summed E-state index contributed by atoms with van der Waals surface area (Å²) in [7, 11) is 0. The number of carbonyl (C=O) groups is 1. The third-order valence-electron chi connectivity index (χ3n) is 5.04. The molecule has 0 fully saturated rings. The van der Waals surface area contributed by atoms with Gasteiger partial charge >= 0.3 is 6.18 Å². The van der Waals surface area contributed by atoms with E-state index in [4.69, 9.17) is 0 Å². The van der Waals surface area contributed by atoms with E-state index in [-0.39, 0.29) is 12.5 Å². The quantitative estimate of drug-likeness (QED) is 0.873. The summed E-state index contributed by atoms with van der Waals surface area (Å²) < 4.78 is 37.8. The van der Waals surface area contributed by atoms with Crippen LogP contribution in [0.5, 0.6) is 0 Å². The third-order valence-corrected chi connectivity index (χ3v) is 5.04. The van der Waals surface area contributed by atoms with Gasteiger partial charge in [0.2, 0.25) is 0 Å². The maximum Gasteiger partial charge on any atom is 0.416 e. The average Bonchev–Trinajstić information content (AvgIpc) is 2.87. The zero-order valence-corrected chi connectivity index (χ0v) is 15.3. The first-order valence-corrected chi connectivity index (χ1v) is 9.15. The minimum absolute atomic E-state index is 0.192. The molecular formula is C21H23F3N2O. The fraction of sp³-hybridized carbons (Fsp3) is 0.381. The number of likely N-dealkylation sites (N-methyl/N-ethyl adjacent to an activating group) is 1. The van der Waals surface area contributed by atoms with Crippen molar-refractivity contribution in [3.05, 3.63) is 70.3 Å². The van der Waals surface area contributed by atoms with Crippen LogP contribution in [0.4, 0.5) is 13.2 Å². The largest absolute Gasteiger partial charge is 0.416 e. The number of nitrogens with zero attached hydrogens (tertiary/aromatic N) is 1. The number of fused-ring (bicyclic) bond motifs is 1. The van der Waals surface area contributed by atoms with Gasteiger partial charge in [-0.3, -0.25) is 4.79 Å². The lowest BCUT2D eigenvalue weighted by atomic mass is 10.00. The maximum atomic E-state index is 12.6. The van der Waals surface area contributed by atoms with E-state index in [1.54, 1.807) is 0 Å². The summed E-state index contributed by atoms with van der Waals surface area (Å²) in [6.45, 7) is 5.38. The maximum absolute atomic E-state index is 12.6. The summed E-state index contributed by atoms with van der Waals surface area (Å²) in [6.07, 6.45) is -2.45. The van der Waals surface area contributed by atoms with Crippen molar-refractivity contribution in [2.45, 2.75) is 32.5 Å². The third kappa shape index (κ3) is 4.89. The smallest absolute Gasteiger partial charge is 0.348 e. The molecular weight excluding hydrogens is 353 g/mol. The van der Waals surface area contributed by atoms with Crippen LogP contribution >= 0.6 is 0 Å². The number of nitrogens with one attached hydrogen (secondary N) is 1. The van der Waals surface area contributed by atoms with Gasteiger partial charge in [-0.05, 0) is 60.3 Å². The van der Waals surface area contributed by atoms with Gasteiger partial charge in [-0.15, -0.1) is 0 Å². The van der Waals surface area contributed by atoms with Crippen LogP contribution in [0, 0.1) is 0 Å². The first kappa shape index (κ1) is 19.4. The van der Waals surface area contributed by atoms with Crippen molar-refractivity contribution in [3.63, 3.8) is 0 Å². The molecule has 0 aromatic heterocycles. The van der Waals surface area contributed by atoms with Crippen molar-refractivity contribution in [3.8, 4) is 0 Å². The van der Waals surface area contributed by atoms with E-state index in [2.05, 4.69) is 17.1 Å². The predicted molar refractivity (Wildman–Crippen MR) is 98.6 cm³/mol. The van der Waals surface area contributed by atoms with Gasteiger partial charge in [-0.25, -0.2) is 0 Å². The van der Waals surface area contributed by atoms with Gasteiger partial charge in [-0.2, -0.15) is 13.2 Å². The Bertz CT molecular complexity index is 800. The summed E-state index contributed by atoms with van der Waals surface area (Å²) in [5.74, 6) is -0.214. The lowest BCUT2D eigenvalue weighted by Crippen LogP contribution is -2.25. The van der Waals surface area contributed by atoms with E-state index < -0.39 is 11.7 Å². The monoisotopic (exact) mass is 376 g/mol. The molecule has 0 unspecified atom stereocenters. The van der Waals surface area contributed by atoms with Crippen LogP contribution in [0.3, 0.4) is 0 Å². The Labute approximate surface area is 157 Å². The zero-order chi connectivity index (χ0) is 19.4. The molecule has 6 heteroatoms. The van der Waals surface area contributed by atoms with E-state index >= 15 is 0 Å². The number of amides is 1. The topological polar surface area (TPSA) is 32.3 Å². The highest BCUT2D eigenvalue weighted by atomic mass is 19.4. The molecule has 3 nitrogen and oxygen atoms in total. The molecule has 2 aromatic rings. The van der Waals surface area contributed by atoms with Gasteiger partial charge in [0.1, 0.15) is 0 Å². The van der Waals surface area contributed by atoms with Crippen LogP contribution in [0.15, 0.2) is 42.5 Å². The highest BCUT2D eigenvalue weighted by Gasteiger charge is 2.29. The molecule has 2 aromatic carbocycles. The van der Waals surface area contributed by atoms with Gasteiger partial charge in [0.05, 0.1) is 5.56 Å². The molecule has 0 spiro atoms. The molecule has 1 amide bonds. The van der Waals surface area contributed by atoms with E-state index in [0.29, 0.717) is 11.1 Å². The van der Waals surface area contributed by atoms with E-state index in [1.165, 1.54) is 23.3 Å². The Morgan fingerprint density at radius 2 is 1.70 bits per heavy atom. The minimum atomic E-state index is -4.35. The highest BCUT2D eigenvalue weighted by molar-refractivity contribution is 5.94. The van der Waals surface area contributed by atoms with Crippen molar-refractivity contribution in [2.24, 2.45) is 0 Å². The summed E-state index contributed by atoms with van der Waals surface area (Å²) in [6, 6.07) is 10.6. The fourth-order valence-corrected chi connectivity index (χ4v) is 3.32. The zero-order valence-electron chi connectivity index (χ0n) is 15.3. The average molecular weight is 376 g/mol. The second kappa shape index (κ2) is 8.13. The standard InChI is InChI=1S/C21H23F3N2O/c1-2-26-11-9-16-5-6-18(13-17(16)10-12-26)20(27)25-14-15-3-7-19(8-4-15)21(22,23)24/h3-8,13H,2,9-12,14H2,1H3,(H,25,27). The predicted octanol–water partition coefficient (Wildman–Crippen LogP) is 4.06. The molecule has 3 rings (SSSR count). The number of hydrogen-bond acceptors (Lipinski definition) is 2. The van der Waals surface area contributed by atoms with Crippen molar-refractivity contribution in [1.29, 1.82) is 0 Å². The molecule has 0 radical (unpaired) electrons. The first-order chi connectivity index (χ1) is 12.9. The van der Waals surface area contributed by atoms with E-state index in [0.717, 1.165) is 44.6 Å². The summed E-state index contributed by atoms with van der Waals surface area (Å²) in [5, 5.41) is 2.79. The number of alkyl halides is 3. The highest BCUT2D eigenvalue weighted by Crippen LogP contribution is 2.29. The van der Waals surface area contributed by atoms with Gasteiger partial charge in [0.25, 0.3) is 5.91 Å². The second-order valence-electron chi connectivity index (χ2n) is 6.80. The number of halogens is 3. The molecule has 0 bridgehead atoms. The van der Waals surface area contributed by atoms with Crippen LogP contribution in [-0.2, 0) is 25.6 Å². The molecule has 0 aliphatic carbocycles. The van der Waals surface area contributed by atoms with Gasteiger partial charge in [-0.1, -0.05) is 25.1 Å². The Hall–Kier alpha value is -2.34. The molecule has 1 aliphatic heterocycles. The van der Waals surface area contributed by atoms with Gasteiger partial charge in [0.15, 0.2) is 0 Å². The Balaban J connectivity index is 1.63. The summed E-state index contributed by atoms with van der Waals surface area (Å²) >= 11 is 0. The van der Waals surface area contributed by atoms with Crippen molar-refractivity contribution in [1.82, 2.24) is 10.2 Å². The molecule has 0 atom stereocenters. The molecule has 1 N–H and O–H groups in total. The van der Waals surface area contributed by atoms with Crippen LogP contribution in [0.25, 0.3) is 0 Å². The van der Waals surface area contributed by atoms with Crippen molar-refractivity contribution < 1.29 is 18.0 Å². The number of rotatable bonds is 4. The number of benzene rings is 2. The fourth-order valence-electron chi connectivity index (χ4n) is 3.32. The minimum Gasteiger partial charge on any atom is -0.348 e. The second-order valence-corrected chi connectivity index (χ2v) is 6.80. The summed E-state index contributed by atoms with van der Waals surface area (Å²) in [4.78, 5) is 14.8. The molecule has 1 aliphatic rings. The van der Waals surface area contributed by atoms with Gasteiger partial charge in [0, 0.05) is 25.2 Å². The first-order valence-electron chi connectivity index (χ1n) is 9.15. The van der Waals surface area contributed by atoms with E-state index in [1.807, 2.05) is 18.2 Å². The lowest BCUT2D eigenvalue weighted by molar-refractivity contribution is -0.137. The van der Waals surface area contributed by atoms with Crippen LogP contribution in [-0.4, -0.2) is 30.4 Å². The number of carbonyl (C=O) groups excluding carboxylic acids is 1.